The molecule has 1 aliphatic heterocycles. The van der Waals surface area contributed by atoms with E-state index in [1.165, 1.54) is 36.5 Å². The fourth-order valence-electron chi connectivity index (χ4n) is 3.69. The molecule has 1 aliphatic rings. The molecular formula is C20H20ClF4N7O3S. The first-order valence-electron chi connectivity index (χ1n) is 10.4. The van der Waals surface area contributed by atoms with Crippen molar-refractivity contribution < 1.29 is 30.7 Å². The zero-order valence-electron chi connectivity index (χ0n) is 18.9. The Kier molecular flexibility index (Phi) is 7.07. The third-order valence-corrected chi connectivity index (χ3v) is 7.14. The van der Waals surface area contributed by atoms with Gasteiger partial charge in [0, 0.05) is 31.7 Å². The fraction of sp³-hybridized carbons (Fsp3) is 0.400. The van der Waals surface area contributed by atoms with E-state index in [1.807, 2.05) is 0 Å². The van der Waals surface area contributed by atoms with Crippen LogP contribution in [-0.4, -0.2) is 75.9 Å². The number of anilines is 1. The van der Waals surface area contributed by atoms with Gasteiger partial charge < -0.3 is 14.6 Å². The summed E-state index contributed by atoms with van der Waals surface area (Å²) >= 11 is 6.26. The highest BCUT2D eigenvalue weighted by molar-refractivity contribution is 7.88. The molecule has 0 unspecified atom stereocenters. The second-order valence-electron chi connectivity index (χ2n) is 7.95. The largest absolute Gasteiger partial charge is 0.480 e. The zero-order chi connectivity index (χ0) is 26.3. The smallest absolute Gasteiger partial charge is 0.420 e. The molecule has 0 aliphatic carbocycles. The lowest BCUT2D eigenvalue weighted by atomic mass is 10.1. The Balaban J connectivity index is 1.66. The van der Waals surface area contributed by atoms with Crippen LogP contribution in [0.15, 0.2) is 31.0 Å². The van der Waals surface area contributed by atoms with Crippen molar-refractivity contribution >= 4 is 27.6 Å². The van der Waals surface area contributed by atoms with E-state index in [1.54, 1.807) is 0 Å². The van der Waals surface area contributed by atoms with E-state index in [0.717, 1.165) is 10.6 Å². The average Bonchev–Trinajstić information content (AvgIpc) is 3.29. The standard InChI is InChI=1S/C20H20ClF4N7O3S/c1-35-18-16(21)15(3-5-26-18)31-9-14(28-10-31)17-11(20(23,24)25)7-27-19(30-17)29-13-4-6-32(8-12(13)22)36(2,33)34/h3,5,7,9-10,12-13H,4,6,8H2,1-2H3,(H,27,29,30)/t12-,13+/m1/s1. The molecule has 1 N–H and O–H groups in total. The number of nitrogens with one attached hydrogen (secondary N) is 1. The predicted molar refractivity (Wildman–Crippen MR) is 122 cm³/mol. The minimum Gasteiger partial charge on any atom is -0.480 e. The lowest BCUT2D eigenvalue weighted by molar-refractivity contribution is -0.137. The number of ether oxygens (including phenoxy) is 1. The quantitative estimate of drug-likeness (QED) is 0.466. The molecule has 0 aromatic carbocycles. The number of nitrogens with zero attached hydrogens (tertiary/aromatic N) is 6. The van der Waals surface area contributed by atoms with Crippen LogP contribution in [0.4, 0.5) is 23.5 Å². The van der Waals surface area contributed by atoms with Crippen molar-refractivity contribution in [1.29, 1.82) is 0 Å². The Hall–Kier alpha value is -3.04. The minimum absolute atomic E-state index is 0.0466. The van der Waals surface area contributed by atoms with Gasteiger partial charge in [-0.25, -0.2) is 32.7 Å². The van der Waals surface area contributed by atoms with Crippen molar-refractivity contribution in [2.45, 2.75) is 24.8 Å². The average molecular weight is 550 g/mol. The van der Waals surface area contributed by atoms with Crippen LogP contribution >= 0.6 is 11.6 Å². The van der Waals surface area contributed by atoms with E-state index in [9.17, 15) is 26.0 Å². The number of aromatic nitrogens is 5. The van der Waals surface area contributed by atoms with Gasteiger partial charge in [0.1, 0.15) is 34.5 Å². The van der Waals surface area contributed by atoms with Crippen LogP contribution in [0.25, 0.3) is 17.1 Å². The van der Waals surface area contributed by atoms with Gasteiger partial charge in [0.05, 0.1) is 25.1 Å². The molecule has 0 amide bonds. The molecule has 1 saturated heterocycles. The van der Waals surface area contributed by atoms with Gasteiger partial charge in [-0.05, 0) is 12.5 Å². The SMILES string of the molecule is COc1nccc(-n2cnc(-c3nc(N[C@H]4CCN(S(C)(=O)=O)C[C@H]4F)ncc3C(F)(F)F)c2)c1Cl. The number of hydrogen-bond donors (Lipinski definition) is 1. The highest BCUT2D eigenvalue weighted by atomic mass is 35.5. The van der Waals surface area contributed by atoms with Crippen molar-refractivity contribution in [2.75, 3.05) is 31.8 Å². The Bertz CT molecular complexity index is 1370. The van der Waals surface area contributed by atoms with Gasteiger partial charge in [-0.3, -0.25) is 0 Å². The summed E-state index contributed by atoms with van der Waals surface area (Å²) in [5.41, 5.74) is -1.44. The number of imidazole rings is 1. The first kappa shape index (κ1) is 26.0. The minimum atomic E-state index is -4.79. The molecule has 0 radical (unpaired) electrons. The summed E-state index contributed by atoms with van der Waals surface area (Å²) in [7, 11) is -2.20. The monoisotopic (exact) mass is 549 g/mol. The number of piperidine rings is 1. The summed E-state index contributed by atoms with van der Waals surface area (Å²) in [5.74, 6) is -0.131. The van der Waals surface area contributed by atoms with E-state index in [-0.39, 0.29) is 42.1 Å². The van der Waals surface area contributed by atoms with E-state index < -0.39 is 39.7 Å². The number of sulfonamides is 1. The molecule has 36 heavy (non-hydrogen) atoms. The van der Waals surface area contributed by atoms with Gasteiger partial charge in [0.2, 0.25) is 21.9 Å². The first-order valence-corrected chi connectivity index (χ1v) is 12.6. The molecule has 0 saturated carbocycles. The second kappa shape index (κ2) is 9.78. The summed E-state index contributed by atoms with van der Waals surface area (Å²) in [6, 6.07) is 0.631. The molecule has 194 valence electrons. The van der Waals surface area contributed by atoms with Crippen molar-refractivity contribution in [3.05, 3.63) is 41.6 Å². The molecule has 0 spiro atoms. The summed E-state index contributed by atoms with van der Waals surface area (Å²) < 4.78 is 86.6. The molecule has 0 bridgehead atoms. The molecule has 2 atom stereocenters. The van der Waals surface area contributed by atoms with Crippen LogP contribution < -0.4 is 10.1 Å². The van der Waals surface area contributed by atoms with Gasteiger partial charge in [0.25, 0.3) is 0 Å². The first-order chi connectivity index (χ1) is 16.9. The molecule has 1 fully saturated rings. The Morgan fingerprint density at radius 1 is 1.25 bits per heavy atom. The maximum Gasteiger partial charge on any atom is 0.420 e. The normalized spacial score (nSPS) is 19.3. The van der Waals surface area contributed by atoms with Crippen LogP contribution in [-0.2, 0) is 16.2 Å². The van der Waals surface area contributed by atoms with Gasteiger partial charge in [-0.2, -0.15) is 17.5 Å². The summed E-state index contributed by atoms with van der Waals surface area (Å²) in [6.45, 7) is -0.338. The number of alkyl halides is 4. The van der Waals surface area contributed by atoms with Crippen molar-refractivity contribution in [1.82, 2.24) is 28.8 Å². The topological polar surface area (TPSA) is 115 Å². The van der Waals surface area contributed by atoms with Crippen LogP contribution in [0.2, 0.25) is 5.02 Å². The number of methoxy groups -OCH3 is 1. The molecule has 16 heteroatoms. The zero-order valence-corrected chi connectivity index (χ0v) is 20.4. The van der Waals surface area contributed by atoms with Crippen LogP contribution in [0.3, 0.4) is 0 Å². The molecule has 4 heterocycles. The molecule has 3 aromatic heterocycles. The summed E-state index contributed by atoms with van der Waals surface area (Å²) in [4.78, 5) is 15.7. The van der Waals surface area contributed by atoms with Crippen molar-refractivity contribution in [3.8, 4) is 23.0 Å². The van der Waals surface area contributed by atoms with E-state index in [4.69, 9.17) is 16.3 Å². The highest BCUT2D eigenvalue weighted by Crippen LogP contribution is 2.36. The predicted octanol–water partition coefficient (Wildman–Crippen LogP) is 3.19. The van der Waals surface area contributed by atoms with E-state index in [0.29, 0.717) is 11.9 Å². The maximum atomic E-state index is 14.6. The van der Waals surface area contributed by atoms with E-state index >= 15 is 0 Å². The van der Waals surface area contributed by atoms with Crippen LogP contribution in [0.1, 0.15) is 12.0 Å². The summed E-state index contributed by atoms with van der Waals surface area (Å²) in [5, 5.41) is 2.81. The van der Waals surface area contributed by atoms with Crippen molar-refractivity contribution in [3.63, 3.8) is 0 Å². The molecular weight excluding hydrogens is 530 g/mol. The van der Waals surface area contributed by atoms with Crippen molar-refractivity contribution in [2.24, 2.45) is 0 Å². The lowest BCUT2D eigenvalue weighted by Crippen LogP contribution is -2.49. The Morgan fingerprint density at radius 2 is 2.00 bits per heavy atom. The maximum absolute atomic E-state index is 14.6. The summed E-state index contributed by atoms with van der Waals surface area (Å²) in [6.07, 6.45) is -0.808. The third-order valence-electron chi connectivity index (χ3n) is 5.52. The van der Waals surface area contributed by atoms with Gasteiger partial charge in [-0.15, -0.1) is 0 Å². The lowest BCUT2D eigenvalue weighted by Gasteiger charge is -2.33. The third kappa shape index (κ3) is 5.37. The molecule has 10 nitrogen and oxygen atoms in total. The number of hydrogen-bond acceptors (Lipinski definition) is 8. The Labute approximate surface area is 208 Å². The number of pyridine rings is 1. The van der Waals surface area contributed by atoms with Crippen LogP contribution in [0.5, 0.6) is 5.88 Å². The second-order valence-corrected chi connectivity index (χ2v) is 10.3. The Morgan fingerprint density at radius 3 is 2.64 bits per heavy atom. The van der Waals surface area contributed by atoms with E-state index in [2.05, 4.69) is 25.3 Å². The van der Waals surface area contributed by atoms with Crippen LogP contribution in [0, 0.1) is 0 Å². The number of rotatable bonds is 6. The molecule has 4 rings (SSSR count). The molecule has 3 aromatic rings. The van der Waals surface area contributed by atoms with Gasteiger partial charge >= 0.3 is 6.18 Å². The van der Waals surface area contributed by atoms with Gasteiger partial charge in [-0.1, -0.05) is 11.6 Å². The number of halogens is 5. The van der Waals surface area contributed by atoms with Gasteiger partial charge in [0.15, 0.2) is 0 Å². The highest BCUT2D eigenvalue weighted by Gasteiger charge is 2.37. The fourth-order valence-corrected chi connectivity index (χ4v) is 4.83.